The third kappa shape index (κ3) is 4.62. The second-order valence-corrected chi connectivity index (χ2v) is 10.00. The molecule has 0 bridgehead atoms. The molecule has 1 aliphatic rings. The Bertz CT molecular complexity index is 925. The Kier molecular flexibility index (Phi) is 5.75. The van der Waals surface area contributed by atoms with Crippen molar-refractivity contribution >= 4 is 27.5 Å². The van der Waals surface area contributed by atoms with Gasteiger partial charge in [-0.3, -0.25) is 4.79 Å². The number of hydrogen-bond acceptors (Lipinski definition) is 7. The highest BCUT2D eigenvalue weighted by Gasteiger charge is 2.30. The lowest BCUT2D eigenvalue weighted by molar-refractivity contribution is -0.120. The maximum absolute atomic E-state index is 12.4. The number of sulfone groups is 1. The largest absolute Gasteiger partial charge is 0.497 e. The zero-order valence-electron chi connectivity index (χ0n) is 15.4. The van der Waals surface area contributed by atoms with Crippen LogP contribution in [0.4, 0.5) is 0 Å². The highest BCUT2D eigenvalue weighted by molar-refractivity contribution is 8.00. The number of ether oxygens (including phenoxy) is 1. The molecule has 1 N–H and O–H groups in total. The van der Waals surface area contributed by atoms with E-state index in [9.17, 15) is 13.2 Å². The molecule has 0 radical (unpaired) electrons. The molecule has 0 saturated carbocycles. The smallest absolute Gasteiger partial charge is 0.233 e. The number of rotatable bonds is 6. The predicted molar refractivity (Wildman–Crippen MR) is 104 cm³/mol. The first-order valence-corrected chi connectivity index (χ1v) is 11.2. The van der Waals surface area contributed by atoms with E-state index in [-0.39, 0.29) is 23.5 Å². The molecule has 1 aromatic heterocycles. The van der Waals surface area contributed by atoms with E-state index in [4.69, 9.17) is 4.74 Å². The Hall–Kier alpha value is -2.07. The number of aromatic nitrogens is 3. The molecule has 27 heavy (non-hydrogen) atoms. The van der Waals surface area contributed by atoms with Gasteiger partial charge in [-0.15, -0.1) is 10.2 Å². The van der Waals surface area contributed by atoms with Gasteiger partial charge >= 0.3 is 0 Å². The van der Waals surface area contributed by atoms with Gasteiger partial charge in [0.25, 0.3) is 0 Å². The van der Waals surface area contributed by atoms with Gasteiger partial charge < -0.3 is 14.6 Å². The van der Waals surface area contributed by atoms with Gasteiger partial charge in [0.2, 0.25) is 5.91 Å². The van der Waals surface area contributed by atoms with Crippen LogP contribution < -0.4 is 10.1 Å². The second kappa shape index (κ2) is 7.89. The van der Waals surface area contributed by atoms with Gasteiger partial charge in [-0.25, -0.2) is 8.42 Å². The molecule has 0 spiro atoms. The highest BCUT2D eigenvalue weighted by atomic mass is 32.2. The number of methoxy groups -OCH3 is 1. The van der Waals surface area contributed by atoms with E-state index in [1.807, 2.05) is 35.9 Å². The minimum atomic E-state index is -3.02. The van der Waals surface area contributed by atoms with Crippen LogP contribution in [-0.4, -0.2) is 59.0 Å². The fourth-order valence-corrected chi connectivity index (χ4v) is 5.35. The molecule has 10 heteroatoms. The van der Waals surface area contributed by atoms with E-state index < -0.39 is 15.1 Å². The summed E-state index contributed by atoms with van der Waals surface area (Å²) in [6.45, 7) is 1.77. The van der Waals surface area contributed by atoms with Crippen LogP contribution in [0.5, 0.6) is 5.75 Å². The third-order valence-electron chi connectivity index (χ3n) is 4.41. The molecule has 2 atom stereocenters. The van der Waals surface area contributed by atoms with Gasteiger partial charge in [-0.1, -0.05) is 11.8 Å². The van der Waals surface area contributed by atoms with Crippen molar-refractivity contribution in [2.24, 2.45) is 7.05 Å². The molecular formula is C17H22N4O4S2. The Morgan fingerprint density at radius 3 is 2.63 bits per heavy atom. The highest BCUT2D eigenvalue weighted by Crippen LogP contribution is 2.27. The first-order valence-electron chi connectivity index (χ1n) is 8.50. The van der Waals surface area contributed by atoms with E-state index in [1.54, 1.807) is 14.0 Å². The first kappa shape index (κ1) is 19.7. The molecular weight excluding hydrogens is 388 g/mol. The molecule has 3 rings (SSSR count). The number of amides is 1. The van der Waals surface area contributed by atoms with Crippen molar-refractivity contribution in [3.8, 4) is 17.1 Å². The van der Waals surface area contributed by atoms with E-state index in [2.05, 4.69) is 15.5 Å². The van der Waals surface area contributed by atoms with Gasteiger partial charge in [0.15, 0.2) is 20.8 Å². The molecule has 2 aromatic rings. The van der Waals surface area contributed by atoms with Gasteiger partial charge in [0.1, 0.15) is 5.75 Å². The van der Waals surface area contributed by atoms with Crippen LogP contribution >= 0.6 is 11.8 Å². The number of nitrogens with zero attached hydrogens (tertiary/aromatic N) is 3. The number of carbonyl (C=O) groups excluding carboxylic acids is 1. The first-order chi connectivity index (χ1) is 12.8. The summed E-state index contributed by atoms with van der Waals surface area (Å²) in [5.74, 6) is 1.40. The van der Waals surface area contributed by atoms with Crippen molar-refractivity contribution in [3.63, 3.8) is 0 Å². The molecule has 1 aromatic carbocycles. The van der Waals surface area contributed by atoms with Crippen LogP contribution in [0.2, 0.25) is 0 Å². The minimum Gasteiger partial charge on any atom is -0.497 e. The molecule has 0 unspecified atom stereocenters. The summed E-state index contributed by atoms with van der Waals surface area (Å²) >= 11 is 1.29. The van der Waals surface area contributed by atoms with Crippen LogP contribution in [0.3, 0.4) is 0 Å². The number of hydrogen-bond donors (Lipinski definition) is 1. The lowest BCUT2D eigenvalue weighted by atomic mass is 10.2. The fourth-order valence-electron chi connectivity index (χ4n) is 2.85. The zero-order chi connectivity index (χ0) is 19.6. The predicted octanol–water partition coefficient (Wildman–Crippen LogP) is 1.27. The van der Waals surface area contributed by atoms with Crippen LogP contribution in [0.25, 0.3) is 11.4 Å². The Balaban J connectivity index is 1.65. The number of thioether (sulfide) groups is 1. The van der Waals surface area contributed by atoms with E-state index in [0.29, 0.717) is 17.4 Å². The van der Waals surface area contributed by atoms with Gasteiger partial charge in [0.05, 0.1) is 23.9 Å². The van der Waals surface area contributed by atoms with Crippen LogP contribution in [-0.2, 0) is 21.7 Å². The molecule has 1 saturated heterocycles. The topological polar surface area (TPSA) is 103 Å². The summed E-state index contributed by atoms with van der Waals surface area (Å²) in [5.41, 5.74) is 0.894. The zero-order valence-corrected chi connectivity index (χ0v) is 17.0. The van der Waals surface area contributed by atoms with Crippen LogP contribution in [0.1, 0.15) is 13.3 Å². The second-order valence-electron chi connectivity index (χ2n) is 6.46. The average Bonchev–Trinajstić information content (AvgIpc) is 3.17. The Morgan fingerprint density at radius 2 is 2.04 bits per heavy atom. The van der Waals surface area contributed by atoms with Crippen molar-refractivity contribution in [3.05, 3.63) is 24.3 Å². The Labute approximate surface area is 162 Å². The standard InChI is InChI=1S/C17H22N4O4S2/c1-11(16(22)18-13-8-9-27(23,24)10-13)26-17-20-19-15(21(17)2)12-4-6-14(25-3)7-5-12/h4-7,11,13H,8-10H2,1-3H3,(H,18,22)/t11-,13-/m0/s1. The molecule has 1 amide bonds. The summed E-state index contributed by atoms with van der Waals surface area (Å²) < 4.78 is 30.0. The quantitative estimate of drug-likeness (QED) is 0.716. The summed E-state index contributed by atoms with van der Waals surface area (Å²) in [4.78, 5) is 12.4. The third-order valence-corrected chi connectivity index (χ3v) is 7.32. The fraction of sp³-hybridized carbons (Fsp3) is 0.471. The number of benzene rings is 1. The summed E-state index contributed by atoms with van der Waals surface area (Å²) in [6, 6.07) is 7.19. The molecule has 1 aliphatic heterocycles. The normalized spacial score (nSPS) is 19.6. The summed E-state index contributed by atoms with van der Waals surface area (Å²) in [7, 11) is 0.432. The molecule has 146 valence electrons. The van der Waals surface area contributed by atoms with E-state index >= 15 is 0 Å². The minimum absolute atomic E-state index is 0.0156. The summed E-state index contributed by atoms with van der Waals surface area (Å²) in [6.07, 6.45) is 0.469. The van der Waals surface area contributed by atoms with E-state index in [0.717, 1.165) is 11.3 Å². The molecule has 2 heterocycles. The van der Waals surface area contributed by atoms with Crippen LogP contribution in [0.15, 0.2) is 29.4 Å². The monoisotopic (exact) mass is 410 g/mol. The van der Waals surface area contributed by atoms with Crippen molar-refractivity contribution in [2.75, 3.05) is 18.6 Å². The molecule has 0 aliphatic carbocycles. The van der Waals surface area contributed by atoms with Gasteiger partial charge in [0, 0.05) is 18.7 Å². The SMILES string of the molecule is COc1ccc(-c2nnc(S[C@@H](C)C(=O)N[C@H]3CCS(=O)(=O)C3)n2C)cc1. The lowest BCUT2D eigenvalue weighted by Crippen LogP contribution is -2.40. The number of carbonyl (C=O) groups is 1. The van der Waals surface area contributed by atoms with E-state index in [1.165, 1.54) is 11.8 Å². The van der Waals surface area contributed by atoms with Crippen molar-refractivity contribution < 1.29 is 17.9 Å². The van der Waals surface area contributed by atoms with Crippen molar-refractivity contribution in [1.82, 2.24) is 20.1 Å². The van der Waals surface area contributed by atoms with Gasteiger partial charge in [-0.2, -0.15) is 0 Å². The molecule has 8 nitrogen and oxygen atoms in total. The average molecular weight is 411 g/mol. The summed E-state index contributed by atoms with van der Waals surface area (Å²) in [5, 5.41) is 11.4. The van der Waals surface area contributed by atoms with Gasteiger partial charge in [-0.05, 0) is 37.6 Å². The number of nitrogens with one attached hydrogen (secondary N) is 1. The maximum atomic E-state index is 12.4. The van der Waals surface area contributed by atoms with Crippen LogP contribution in [0, 0.1) is 0 Å². The molecule has 1 fully saturated rings. The maximum Gasteiger partial charge on any atom is 0.233 e. The Morgan fingerprint density at radius 1 is 1.33 bits per heavy atom. The van der Waals surface area contributed by atoms with Crippen molar-refractivity contribution in [2.45, 2.75) is 29.8 Å². The van der Waals surface area contributed by atoms with Crippen molar-refractivity contribution in [1.29, 1.82) is 0 Å². The lowest BCUT2D eigenvalue weighted by Gasteiger charge is -2.15.